The van der Waals surface area contributed by atoms with E-state index in [1.807, 2.05) is 54.7 Å². The fourth-order valence-corrected chi connectivity index (χ4v) is 3.78. The summed E-state index contributed by atoms with van der Waals surface area (Å²) in [6.45, 7) is 1.61. The van der Waals surface area contributed by atoms with Crippen LogP contribution >= 0.6 is 0 Å². The molecule has 2 aromatic carbocycles. The molecule has 6 heteroatoms. The van der Waals surface area contributed by atoms with Crippen molar-refractivity contribution in [2.24, 2.45) is 0 Å². The van der Waals surface area contributed by atoms with E-state index in [4.69, 9.17) is 9.72 Å². The van der Waals surface area contributed by atoms with E-state index < -0.39 is 0 Å². The molecular weight excluding hydrogens is 374 g/mol. The number of methoxy groups -OCH3 is 1. The van der Waals surface area contributed by atoms with Crippen molar-refractivity contribution in [3.63, 3.8) is 0 Å². The van der Waals surface area contributed by atoms with E-state index in [2.05, 4.69) is 32.0 Å². The maximum Gasteiger partial charge on any atom is 0.225 e. The molecule has 4 aromatic rings. The maximum atomic E-state index is 5.53. The molecule has 1 aliphatic heterocycles. The predicted molar refractivity (Wildman–Crippen MR) is 116 cm³/mol. The molecule has 30 heavy (non-hydrogen) atoms. The SMILES string of the molecule is COc1ccccc1-c1nccnc1C1CN(c2nccc(-c3ccccc3)n2)C1. The molecule has 0 amide bonds. The highest BCUT2D eigenvalue weighted by Crippen LogP contribution is 2.37. The lowest BCUT2D eigenvalue weighted by Gasteiger charge is -2.39. The fourth-order valence-electron chi connectivity index (χ4n) is 3.78. The van der Waals surface area contributed by atoms with Gasteiger partial charge in [-0.15, -0.1) is 0 Å². The van der Waals surface area contributed by atoms with Crippen LogP contribution in [0.1, 0.15) is 11.6 Å². The molecule has 1 saturated heterocycles. The van der Waals surface area contributed by atoms with Crippen LogP contribution in [0.3, 0.4) is 0 Å². The Morgan fingerprint density at radius 2 is 1.60 bits per heavy atom. The van der Waals surface area contributed by atoms with E-state index in [-0.39, 0.29) is 5.92 Å². The highest BCUT2D eigenvalue weighted by atomic mass is 16.5. The second-order valence-corrected chi connectivity index (χ2v) is 7.20. The lowest BCUT2D eigenvalue weighted by molar-refractivity contribution is 0.416. The number of anilines is 1. The summed E-state index contributed by atoms with van der Waals surface area (Å²) in [5.74, 6) is 1.81. The van der Waals surface area contributed by atoms with Gasteiger partial charge < -0.3 is 9.64 Å². The normalized spacial score (nSPS) is 13.7. The zero-order valence-corrected chi connectivity index (χ0v) is 16.6. The first-order valence-corrected chi connectivity index (χ1v) is 9.91. The molecule has 0 bridgehead atoms. The Morgan fingerprint density at radius 1 is 0.833 bits per heavy atom. The van der Waals surface area contributed by atoms with Gasteiger partial charge in [-0.2, -0.15) is 0 Å². The smallest absolute Gasteiger partial charge is 0.225 e. The van der Waals surface area contributed by atoms with E-state index in [1.54, 1.807) is 19.5 Å². The number of hydrogen-bond acceptors (Lipinski definition) is 6. The van der Waals surface area contributed by atoms with Crippen LogP contribution in [0.25, 0.3) is 22.5 Å². The van der Waals surface area contributed by atoms with Crippen molar-refractivity contribution in [3.05, 3.63) is 84.9 Å². The van der Waals surface area contributed by atoms with Gasteiger partial charge >= 0.3 is 0 Å². The molecule has 0 aliphatic carbocycles. The number of ether oxygens (including phenoxy) is 1. The lowest BCUT2D eigenvalue weighted by atomic mass is 9.92. The van der Waals surface area contributed by atoms with Gasteiger partial charge in [-0.3, -0.25) is 9.97 Å². The van der Waals surface area contributed by atoms with E-state index >= 15 is 0 Å². The van der Waals surface area contributed by atoms with Crippen LogP contribution < -0.4 is 9.64 Å². The van der Waals surface area contributed by atoms with Crippen molar-refractivity contribution in [1.29, 1.82) is 0 Å². The van der Waals surface area contributed by atoms with Gasteiger partial charge in [0, 0.05) is 48.7 Å². The molecule has 0 unspecified atom stereocenters. The topological polar surface area (TPSA) is 64.0 Å². The quantitative estimate of drug-likeness (QED) is 0.504. The van der Waals surface area contributed by atoms with Gasteiger partial charge in [0.2, 0.25) is 5.95 Å². The van der Waals surface area contributed by atoms with Crippen molar-refractivity contribution >= 4 is 5.95 Å². The van der Waals surface area contributed by atoms with Crippen molar-refractivity contribution in [2.75, 3.05) is 25.1 Å². The first-order valence-electron chi connectivity index (χ1n) is 9.91. The highest BCUT2D eigenvalue weighted by Gasteiger charge is 2.33. The van der Waals surface area contributed by atoms with E-state index in [9.17, 15) is 0 Å². The summed E-state index contributed by atoms with van der Waals surface area (Å²) >= 11 is 0. The highest BCUT2D eigenvalue weighted by molar-refractivity contribution is 5.70. The van der Waals surface area contributed by atoms with Gasteiger partial charge in [0.25, 0.3) is 0 Å². The van der Waals surface area contributed by atoms with Crippen LogP contribution in [0, 0.1) is 0 Å². The van der Waals surface area contributed by atoms with Crippen LogP contribution in [0.4, 0.5) is 5.95 Å². The van der Waals surface area contributed by atoms with Crippen molar-refractivity contribution in [1.82, 2.24) is 19.9 Å². The van der Waals surface area contributed by atoms with Crippen LogP contribution in [0.2, 0.25) is 0 Å². The Balaban J connectivity index is 1.39. The summed E-state index contributed by atoms with van der Waals surface area (Å²) in [5, 5.41) is 0. The zero-order chi connectivity index (χ0) is 20.3. The molecule has 148 valence electrons. The number of para-hydroxylation sites is 1. The zero-order valence-electron chi connectivity index (χ0n) is 16.6. The van der Waals surface area contributed by atoms with Gasteiger partial charge in [-0.05, 0) is 18.2 Å². The molecule has 1 fully saturated rings. The minimum Gasteiger partial charge on any atom is -0.496 e. The fraction of sp³-hybridized carbons (Fsp3) is 0.167. The van der Waals surface area contributed by atoms with E-state index in [0.29, 0.717) is 0 Å². The predicted octanol–water partition coefficient (Wildman–Crippen LogP) is 4.21. The first-order chi connectivity index (χ1) is 14.8. The average molecular weight is 395 g/mol. The molecular formula is C24H21N5O. The van der Waals surface area contributed by atoms with Gasteiger partial charge in [0.05, 0.1) is 24.2 Å². The van der Waals surface area contributed by atoms with Crippen LogP contribution in [-0.2, 0) is 0 Å². The Hall–Kier alpha value is -3.80. The first kappa shape index (κ1) is 18.2. The summed E-state index contributed by atoms with van der Waals surface area (Å²) < 4.78 is 5.53. The third-order valence-electron chi connectivity index (χ3n) is 5.35. The molecule has 5 rings (SSSR count). The molecule has 6 nitrogen and oxygen atoms in total. The van der Waals surface area contributed by atoms with Gasteiger partial charge in [-0.1, -0.05) is 42.5 Å². The summed E-state index contributed by atoms with van der Waals surface area (Å²) in [6, 6.07) is 20.0. The third-order valence-corrected chi connectivity index (χ3v) is 5.35. The molecule has 3 heterocycles. The molecule has 0 N–H and O–H groups in total. The van der Waals surface area contributed by atoms with Crippen LogP contribution in [0.15, 0.2) is 79.3 Å². The minimum atomic E-state index is 0.266. The summed E-state index contributed by atoms with van der Waals surface area (Å²) in [5.41, 5.74) is 4.84. The lowest BCUT2D eigenvalue weighted by Crippen LogP contribution is -2.46. The molecule has 0 spiro atoms. The average Bonchev–Trinajstić information content (AvgIpc) is 2.79. The molecule has 0 saturated carbocycles. The third kappa shape index (κ3) is 3.37. The summed E-state index contributed by atoms with van der Waals surface area (Å²) in [6.07, 6.45) is 5.30. The number of hydrogen-bond donors (Lipinski definition) is 0. The van der Waals surface area contributed by atoms with E-state index in [0.717, 1.165) is 53.0 Å². The summed E-state index contributed by atoms with van der Waals surface area (Å²) in [7, 11) is 1.68. The number of nitrogens with zero attached hydrogens (tertiary/aromatic N) is 5. The maximum absolute atomic E-state index is 5.53. The number of rotatable bonds is 5. The minimum absolute atomic E-state index is 0.266. The molecule has 0 atom stereocenters. The number of aromatic nitrogens is 4. The monoisotopic (exact) mass is 395 g/mol. The van der Waals surface area contributed by atoms with Crippen LogP contribution in [0.5, 0.6) is 5.75 Å². The van der Waals surface area contributed by atoms with Gasteiger partial charge in [0.1, 0.15) is 5.75 Å². The van der Waals surface area contributed by atoms with Crippen LogP contribution in [-0.4, -0.2) is 40.1 Å². The Bertz CT molecular complexity index is 1160. The molecule has 2 aromatic heterocycles. The van der Waals surface area contributed by atoms with E-state index in [1.165, 1.54) is 0 Å². The Kier molecular flexibility index (Phi) is 4.81. The van der Waals surface area contributed by atoms with Crippen molar-refractivity contribution in [2.45, 2.75) is 5.92 Å². The Morgan fingerprint density at radius 3 is 2.43 bits per heavy atom. The largest absolute Gasteiger partial charge is 0.496 e. The summed E-state index contributed by atoms with van der Waals surface area (Å²) in [4.78, 5) is 20.7. The standard InChI is InChI=1S/C24H21N5O/c1-30-21-10-6-5-9-19(21)23-22(25-13-14-26-23)18-15-29(16-18)24-27-12-11-20(28-24)17-7-3-2-4-8-17/h2-14,18H,15-16H2,1H3. The molecule has 1 aliphatic rings. The Labute approximate surface area is 175 Å². The van der Waals surface area contributed by atoms with Gasteiger partial charge in [0.15, 0.2) is 0 Å². The van der Waals surface area contributed by atoms with Gasteiger partial charge in [-0.25, -0.2) is 9.97 Å². The van der Waals surface area contributed by atoms with Crippen molar-refractivity contribution in [3.8, 4) is 28.3 Å². The van der Waals surface area contributed by atoms with Crippen molar-refractivity contribution < 1.29 is 4.74 Å². The molecule has 0 radical (unpaired) electrons. The second kappa shape index (κ2) is 7.91. The second-order valence-electron chi connectivity index (χ2n) is 7.20. The number of benzene rings is 2.